The second kappa shape index (κ2) is 9.54. The predicted octanol–water partition coefficient (Wildman–Crippen LogP) is 5.79. The van der Waals surface area contributed by atoms with Crippen LogP contribution in [-0.4, -0.2) is 28.7 Å². The molecular formula is C22H36N2O. The van der Waals surface area contributed by atoms with Gasteiger partial charge in [0.25, 0.3) is 5.91 Å². The number of aliphatic imine (C=N–C) groups is 1. The molecule has 0 N–H and O–H groups in total. The Labute approximate surface area is 154 Å². The lowest BCUT2D eigenvalue weighted by atomic mass is 9.94. The standard InChI is InChI=1S/C22H36N2O/c1-2-3-4-7-12-18-17-21(23-19-13-8-5-9-14-19)24(22(18)25)20-15-10-6-11-16-20/h17,19-20H,2-16H2,1H3. The van der Waals surface area contributed by atoms with Crippen LogP contribution in [0.25, 0.3) is 0 Å². The Morgan fingerprint density at radius 1 is 0.960 bits per heavy atom. The van der Waals surface area contributed by atoms with Gasteiger partial charge in [0.1, 0.15) is 5.84 Å². The highest BCUT2D eigenvalue weighted by molar-refractivity contribution is 6.18. The topological polar surface area (TPSA) is 32.7 Å². The lowest BCUT2D eigenvalue weighted by molar-refractivity contribution is -0.125. The van der Waals surface area contributed by atoms with Gasteiger partial charge in [0.05, 0.1) is 6.04 Å². The first kappa shape index (κ1) is 18.7. The van der Waals surface area contributed by atoms with Crippen LogP contribution in [0.4, 0.5) is 0 Å². The van der Waals surface area contributed by atoms with Crippen molar-refractivity contribution in [3.8, 4) is 0 Å². The van der Waals surface area contributed by atoms with E-state index < -0.39 is 0 Å². The van der Waals surface area contributed by atoms with Gasteiger partial charge in [0, 0.05) is 11.6 Å². The fraction of sp³-hybridized carbons (Fsp3) is 0.818. The fourth-order valence-electron chi connectivity index (χ4n) is 4.66. The minimum Gasteiger partial charge on any atom is -0.290 e. The van der Waals surface area contributed by atoms with E-state index in [9.17, 15) is 4.79 Å². The van der Waals surface area contributed by atoms with Crippen LogP contribution in [0.1, 0.15) is 103 Å². The number of unbranched alkanes of at least 4 members (excludes halogenated alkanes) is 3. The van der Waals surface area contributed by atoms with Gasteiger partial charge in [-0.25, -0.2) is 0 Å². The average molecular weight is 345 g/mol. The van der Waals surface area contributed by atoms with Gasteiger partial charge in [-0.15, -0.1) is 0 Å². The summed E-state index contributed by atoms with van der Waals surface area (Å²) >= 11 is 0. The summed E-state index contributed by atoms with van der Waals surface area (Å²) in [5, 5.41) is 0. The van der Waals surface area contributed by atoms with Crippen molar-refractivity contribution in [2.45, 2.75) is 115 Å². The molecule has 0 unspecified atom stereocenters. The molecule has 0 atom stereocenters. The van der Waals surface area contributed by atoms with E-state index in [1.807, 2.05) is 0 Å². The lowest BCUT2D eigenvalue weighted by Crippen LogP contribution is -2.42. The molecule has 1 heterocycles. The van der Waals surface area contributed by atoms with Crippen molar-refractivity contribution < 1.29 is 4.79 Å². The van der Waals surface area contributed by atoms with E-state index in [1.54, 1.807) is 0 Å². The molecule has 3 aliphatic rings. The normalized spacial score (nSPS) is 25.0. The van der Waals surface area contributed by atoms with Crippen LogP contribution >= 0.6 is 0 Å². The summed E-state index contributed by atoms with van der Waals surface area (Å²) < 4.78 is 0. The van der Waals surface area contributed by atoms with E-state index in [1.165, 1.54) is 70.6 Å². The zero-order valence-electron chi connectivity index (χ0n) is 16.1. The molecule has 0 spiro atoms. The second-order valence-corrected chi connectivity index (χ2v) is 8.23. The van der Waals surface area contributed by atoms with E-state index >= 15 is 0 Å². The highest BCUT2D eigenvalue weighted by Crippen LogP contribution is 2.30. The van der Waals surface area contributed by atoms with E-state index in [-0.39, 0.29) is 5.91 Å². The largest absolute Gasteiger partial charge is 0.290 e. The van der Waals surface area contributed by atoms with Crippen LogP contribution in [0.5, 0.6) is 0 Å². The van der Waals surface area contributed by atoms with Crippen molar-refractivity contribution in [1.82, 2.24) is 4.90 Å². The summed E-state index contributed by atoms with van der Waals surface area (Å²) in [7, 11) is 0. The van der Waals surface area contributed by atoms with Gasteiger partial charge >= 0.3 is 0 Å². The van der Waals surface area contributed by atoms with Crippen molar-refractivity contribution in [3.63, 3.8) is 0 Å². The first-order valence-corrected chi connectivity index (χ1v) is 10.9. The molecule has 0 aromatic heterocycles. The zero-order chi connectivity index (χ0) is 17.5. The molecule has 3 nitrogen and oxygen atoms in total. The molecule has 3 rings (SSSR count). The summed E-state index contributed by atoms with van der Waals surface area (Å²) in [6, 6.07) is 0.839. The van der Waals surface area contributed by atoms with Gasteiger partial charge in [-0.05, 0) is 44.6 Å². The van der Waals surface area contributed by atoms with E-state index in [2.05, 4.69) is 17.9 Å². The quantitative estimate of drug-likeness (QED) is 0.538. The maximum Gasteiger partial charge on any atom is 0.255 e. The van der Waals surface area contributed by atoms with Crippen LogP contribution in [-0.2, 0) is 4.79 Å². The zero-order valence-corrected chi connectivity index (χ0v) is 16.1. The third-order valence-corrected chi connectivity index (χ3v) is 6.17. The smallest absolute Gasteiger partial charge is 0.255 e. The number of carbonyl (C=O) groups excluding carboxylic acids is 1. The maximum atomic E-state index is 13.1. The summed E-state index contributed by atoms with van der Waals surface area (Å²) in [5.41, 5.74) is 1.02. The number of nitrogens with zero attached hydrogens (tertiary/aromatic N) is 2. The second-order valence-electron chi connectivity index (χ2n) is 8.23. The minimum atomic E-state index is 0.276. The fourth-order valence-corrected chi connectivity index (χ4v) is 4.66. The first-order chi connectivity index (χ1) is 12.3. The molecule has 1 aliphatic heterocycles. The third kappa shape index (κ3) is 4.95. The Morgan fingerprint density at radius 2 is 1.64 bits per heavy atom. The molecule has 2 aliphatic carbocycles. The molecule has 0 bridgehead atoms. The predicted molar refractivity (Wildman–Crippen MR) is 105 cm³/mol. The molecule has 1 amide bonds. The molecule has 0 radical (unpaired) electrons. The number of amidine groups is 1. The summed E-state index contributed by atoms with van der Waals surface area (Å²) in [6.45, 7) is 2.24. The first-order valence-electron chi connectivity index (χ1n) is 10.9. The van der Waals surface area contributed by atoms with Gasteiger partial charge in [-0.3, -0.25) is 14.7 Å². The van der Waals surface area contributed by atoms with Crippen LogP contribution in [0.3, 0.4) is 0 Å². The van der Waals surface area contributed by atoms with Gasteiger partial charge in [0.15, 0.2) is 0 Å². The van der Waals surface area contributed by atoms with E-state index in [0.29, 0.717) is 12.1 Å². The number of hydrogen-bond acceptors (Lipinski definition) is 2. The molecule has 0 aromatic carbocycles. The van der Waals surface area contributed by atoms with Crippen LogP contribution in [0, 0.1) is 0 Å². The molecule has 25 heavy (non-hydrogen) atoms. The van der Waals surface area contributed by atoms with Crippen molar-refractivity contribution in [3.05, 3.63) is 11.6 Å². The Kier molecular flexibility index (Phi) is 7.12. The third-order valence-electron chi connectivity index (χ3n) is 6.17. The average Bonchev–Trinajstić information content (AvgIpc) is 2.95. The van der Waals surface area contributed by atoms with Crippen LogP contribution in [0.2, 0.25) is 0 Å². The van der Waals surface area contributed by atoms with Gasteiger partial charge < -0.3 is 0 Å². The van der Waals surface area contributed by atoms with Crippen LogP contribution < -0.4 is 0 Å². The summed E-state index contributed by atoms with van der Waals surface area (Å²) in [4.78, 5) is 20.3. The van der Waals surface area contributed by atoms with Gasteiger partial charge in [-0.2, -0.15) is 0 Å². The molecular weight excluding hydrogens is 308 g/mol. The molecule has 140 valence electrons. The Bertz CT molecular complexity index is 496. The maximum absolute atomic E-state index is 13.1. The van der Waals surface area contributed by atoms with Crippen molar-refractivity contribution in [2.24, 2.45) is 4.99 Å². The van der Waals surface area contributed by atoms with Crippen LogP contribution in [0.15, 0.2) is 16.6 Å². The van der Waals surface area contributed by atoms with Crippen molar-refractivity contribution in [2.75, 3.05) is 0 Å². The highest BCUT2D eigenvalue weighted by Gasteiger charge is 2.35. The van der Waals surface area contributed by atoms with Gasteiger partial charge in [0.2, 0.25) is 0 Å². The monoisotopic (exact) mass is 344 g/mol. The van der Waals surface area contributed by atoms with Gasteiger partial charge in [-0.1, -0.05) is 64.7 Å². The summed E-state index contributed by atoms with van der Waals surface area (Å²) in [5.74, 6) is 1.28. The SMILES string of the molecule is CCCCCCC1=CC(=NC2CCCCC2)N(C2CCCCC2)C1=O. The molecule has 0 saturated heterocycles. The Morgan fingerprint density at radius 3 is 2.32 bits per heavy atom. The van der Waals surface area contributed by atoms with E-state index in [0.717, 1.165) is 37.1 Å². The minimum absolute atomic E-state index is 0.276. The Hall–Kier alpha value is -1.12. The Balaban J connectivity index is 1.72. The number of carbonyl (C=O) groups is 1. The molecule has 2 saturated carbocycles. The molecule has 3 heteroatoms. The van der Waals surface area contributed by atoms with Crippen molar-refractivity contribution >= 4 is 11.7 Å². The number of rotatable bonds is 7. The van der Waals surface area contributed by atoms with Crippen molar-refractivity contribution in [1.29, 1.82) is 0 Å². The summed E-state index contributed by atoms with van der Waals surface area (Å²) in [6.07, 6.45) is 20.5. The molecule has 2 fully saturated rings. The number of amides is 1. The lowest BCUT2D eigenvalue weighted by Gasteiger charge is -2.32. The highest BCUT2D eigenvalue weighted by atomic mass is 16.2. The molecule has 0 aromatic rings. The van der Waals surface area contributed by atoms with E-state index in [4.69, 9.17) is 4.99 Å². The number of hydrogen-bond donors (Lipinski definition) is 0.